The standard InChI is InChI=1S/C19H24N2O7.C17H21BrN2O5/c1-25-16(22)13-4-5-15-14(12-13)21(9-3-8-20-18(24)26-2)17(23)19(28-15)6-10-27-11-7-19;1-23-16(22)19-7-2-8-20-13-11-12(18)3-4-14(13)25-17(15(20)21)5-9-24-10-6-17/h4-5,12H,3,6-11H2,1-2H3,(H,20,24);3-4,11H,2,5-10H2,1H3,(H,19,22). The molecule has 53 heavy (non-hydrogen) atoms. The number of rotatable bonds is 9. The Balaban J connectivity index is 0.000000206. The lowest BCUT2D eigenvalue weighted by Crippen LogP contribution is -2.59. The molecule has 0 bridgehead atoms. The first-order valence-electron chi connectivity index (χ1n) is 17.4. The van der Waals surface area contributed by atoms with Crippen molar-refractivity contribution in [2.45, 2.75) is 49.7 Å². The molecule has 2 aromatic rings. The molecule has 2 saturated heterocycles. The smallest absolute Gasteiger partial charge is 0.406 e. The Labute approximate surface area is 315 Å². The van der Waals surface area contributed by atoms with E-state index in [0.717, 1.165) is 10.2 Å². The van der Waals surface area contributed by atoms with Gasteiger partial charge in [0.2, 0.25) is 0 Å². The maximum atomic E-state index is 13.3. The summed E-state index contributed by atoms with van der Waals surface area (Å²) in [6, 6.07) is 10.6. The van der Waals surface area contributed by atoms with Gasteiger partial charge in [0.15, 0.2) is 11.2 Å². The summed E-state index contributed by atoms with van der Waals surface area (Å²) >= 11 is 3.45. The molecule has 2 N–H and O–H groups in total. The number of nitrogens with zero attached hydrogens (tertiary/aromatic N) is 2. The molecule has 4 aliphatic rings. The first kappa shape index (κ1) is 39.6. The fourth-order valence-electron chi connectivity index (χ4n) is 6.54. The molecular formula is C36H45BrN4O12. The molecule has 0 radical (unpaired) electrons. The van der Waals surface area contributed by atoms with Gasteiger partial charge < -0.3 is 53.6 Å². The predicted molar refractivity (Wildman–Crippen MR) is 194 cm³/mol. The second kappa shape index (κ2) is 17.9. The molecule has 16 nitrogen and oxygen atoms in total. The minimum absolute atomic E-state index is 0.0422. The van der Waals surface area contributed by atoms with Gasteiger partial charge in [-0.25, -0.2) is 14.4 Å². The van der Waals surface area contributed by atoms with E-state index in [9.17, 15) is 24.0 Å². The van der Waals surface area contributed by atoms with Crippen LogP contribution in [0.1, 0.15) is 48.9 Å². The van der Waals surface area contributed by atoms with E-state index in [2.05, 4.69) is 36.0 Å². The summed E-state index contributed by atoms with van der Waals surface area (Å²) < 4.78 is 37.8. The molecule has 2 spiro atoms. The van der Waals surface area contributed by atoms with Gasteiger partial charge in [0.05, 0.1) is 64.7 Å². The largest absolute Gasteiger partial charge is 0.475 e. The van der Waals surface area contributed by atoms with E-state index in [-0.39, 0.29) is 11.8 Å². The zero-order valence-electron chi connectivity index (χ0n) is 30.0. The lowest BCUT2D eigenvalue weighted by Gasteiger charge is -2.44. The lowest BCUT2D eigenvalue weighted by molar-refractivity contribution is -0.144. The summed E-state index contributed by atoms with van der Waals surface area (Å²) in [6.45, 7) is 3.52. The topological polar surface area (TPSA) is 180 Å². The number of alkyl carbamates (subject to hydrolysis) is 2. The van der Waals surface area contributed by atoms with Crippen LogP contribution in [-0.4, -0.2) is 115 Å². The number of benzene rings is 2. The molecule has 4 aliphatic heterocycles. The van der Waals surface area contributed by atoms with E-state index in [1.807, 2.05) is 18.2 Å². The Morgan fingerprint density at radius 3 is 1.60 bits per heavy atom. The summed E-state index contributed by atoms with van der Waals surface area (Å²) in [5.74, 6) is 0.539. The van der Waals surface area contributed by atoms with Crippen molar-refractivity contribution in [3.05, 3.63) is 46.4 Å². The number of carbonyl (C=O) groups excluding carboxylic acids is 5. The van der Waals surface area contributed by atoms with Crippen LogP contribution in [0.2, 0.25) is 0 Å². The van der Waals surface area contributed by atoms with Crippen molar-refractivity contribution in [3.8, 4) is 11.5 Å². The van der Waals surface area contributed by atoms with Crippen LogP contribution in [0.15, 0.2) is 40.9 Å². The molecule has 0 saturated carbocycles. The number of amides is 4. The molecule has 2 fully saturated rings. The van der Waals surface area contributed by atoms with Crippen LogP contribution in [-0.2, 0) is 33.3 Å². The Kier molecular flexibility index (Phi) is 13.4. The summed E-state index contributed by atoms with van der Waals surface area (Å²) in [4.78, 5) is 64.2. The summed E-state index contributed by atoms with van der Waals surface area (Å²) in [5, 5.41) is 5.23. The average molecular weight is 806 g/mol. The minimum Gasteiger partial charge on any atom is -0.475 e. The van der Waals surface area contributed by atoms with E-state index < -0.39 is 29.4 Å². The fraction of sp³-hybridized carbons (Fsp3) is 0.528. The highest BCUT2D eigenvalue weighted by Gasteiger charge is 2.50. The van der Waals surface area contributed by atoms with Crippen LogP contribution in [0.3, 0.4) is 0 Å². The third-order valence-electron chi connectivity index (χ3n) is 9.39. The normalized spacial score (nSPS) is 18.0. The number of ether oxygens (including phenoxy) is 7. The monoisotopic (exact) mass is 804 g/mol. The van der Waals surface area contributed by atoms with Crippen molar-refractivity contribution < 1.29 is 57.1 Å². The first-order valence-corrected chi connectivity index (χ1v) is 18.2. The Bertz CT molecular complexity index is 1660. The van der Waals surface area contributed by atoms with Crippen LogP contribution < -0.4 is 29.9 Å². The quantitative estimate of drug-likeness (QED) is 0.212. The Morgan fingerprint density at radius 1 is 0.698 bits per heavy atom. The molecule has 4 amide bonds. The molecule has 4 heterocycles. The highest BCUT2D eigenvalue weighted by molar-refractivity contribution is 9.10. The van der Waals surface area contributed by atoms with Gasteiger partial charge in [-0.2, -0.15) is 0 Å². The number of halogens is 1. The molecular weight excluding hydrogens is 760 g/mol. The van der Waals surface area contributed by atoms with E-state index in [1.165, 1.54) is 21.3 Å². The fourth-order valence-corrected chi connectivity index (χ4v) is 6.89. The number of methoxy groups -OCH3 is 3. The Morgan fingerprint density at radius 2 is 1.15 bits per heavy atom. The van der Waals surface area contributed by atoms with Gasteiger partial charge in [0.1, 0.15) is 11.5 Å². The highest BCUT2D eigenvalue weighted by Crippen LogP contribution is 2.44. The Hall–Kier alpha value is -4.61. The number of hydrogen-bond donors (Lipinski definition) is 2. The van der Waals surface area contributed by atoms with Crippen molar-refractivity contribution in [3.63, 3.8) is 0 Å². The van der Waals surface area contributed by atoms with Crippen LogP contribution >= 0.6 is 15.9 Å². The predicted octanol–water partition coefficient (Wildman–Crippen LogP) is 3.96. The number of carbonyl (C=O) groups is 5. The van der Waals surface area contributed by atoms with Gasteiger partial charge in [0.25, 0.3) is 11.8 Å². The van der Waals surface area contributed by atoms with Gasteiger partial charge in [-0.05, 0) is 49.2 Å². The minimum atomic E-state index is -0.964. The molecule has 0 aromatic heterocycles. The number of hydrogen-bond acceptors (Lipinski definition) is 12. The van der Waals surface area contributed by atoms with E-state index in [0.29, 0.717) is 114 Å². The molecule has 288 valence electrons. The third kappa shape index (κ3) is 9.13. The molecule has 0 aliphatic carbocycles. The molecule has 17 heteroatoms. The van der Waals surface area contributed by atoms with Crippen molar-refractivity contribution in [2.24, 2.45) is 0 Å². The summed E-state index contributed by atoms with van der Waals surface area (Å²) in [7, 11) is 3.92. The van der Waals surface area contributed by atoms with Gasteiger partial charge in [0, 0.05) is 56.3 Å². The zero-order chi connectivity index (χ0) is 38.0. The van der Waals surface area contributed by atoms with Gasteiger partial charge >= 0.3 is 18.2 Å². The molecule has 0 unspecified atom stereocenters. The number of anilines is 2. The highest BCUT2D eigenvalue weighted by atomic mass is 79.9. The van der Waals surface area contributed by atoms with E-state index in [4.69, 9.17) is 23.7 Å². The van der Waals surface area contributed by atoms with Crippen molar-refractivity contribution in [2.75, 3.05) is 83.7 Å². The van der Waals surface area contributed by atoms with Crippen molar-refractivity contribution in [1.29, 1.82) is 0 Å². The SMILES string of the molecule is COC(=O)NCCCN1C(=O)C2(CCOCC2)Oc2ccc(Br)cc21.COC(=O)NCCCN1C(=O)C2(CCOCC2)Oc2ccc(C(=O)OC)cc21. The first-order chi connectivity index (χ1) is 25.6. The lowest BCUT2D eigenvalue weighted by atomic mass is 9.90. The molecule has 2 aromatic carbocycles. The van der Waals surface area contributed by atoms with Gasteiger partial charge in [-0.3, -0.25) is 9.59 Å². The molecule has 6 rings (SSSR count). The number of fused-ring (bicyclic) bond motifs is 2. The van der Waals surface area contributed by atoms with Gasteiger partial charge in [-0.15, -0.1) is 0 Å². The van der Waals surface area contributed by atoms with Crippen LogP contribution in [0.25, 0.3) is 0 Å². The number of nitrogens with one attached hydrogen (secondary N) is 2. The van der Waals surface area contributed by atoms with Gasteiger partial charge in [-0.1, -0.05) is 15.9 Å². The van der Waals surface area contributed by atoms with Crippen LogP contribution in [0.5, 0.6) is 11.5 Å². The second-order valence-corrected chi connectivity index (χ2v) is 13.6. The van der Waals surface area contributed by atoms with E-state index >= 15 is 0 Å². The van der Waals surface area contributed by atoms with Crippen LogP contribution in [0.4, 0.5) is 21.0 Å². The average Bonchev–Trinajstić information content (AvgIpc) is 3.18. The summed E-state index contributed by atoms with van der Waals surface area (Å²) in [5.41, 5.74) is -0.223. The second-order valence-electron chi connectivity index (χ2n) is 12.7. The number of esters is 1. The van der Waals surface area contributed by atoms with Crippen molar-refractivity contribution in [1.82, 2.24) is 10.6 Å². The maximum Gasteiger partial charge on any atom is 0.406 e. The maximum absolute atomic E-state index is 13.3. The molecule has 0 atom stereocenters. The van der Waals surface area contributed by atoms with Crippen molar-refractivity contribution >= 4 is 57.3 Å². The zero-order valence-corrected chi connectivity index (χ0v) is 31.6. The van der Waals surface area contributed by atoms with Crippen LogP contribution in [0, 0.1) is 0 Å². The summed E-state index contributed by atoms with van der Waals surface area (Å²) in [6.07, 6.45) is 2.12. The van der Waals surface area contributed by atoms with E-state index in [1.54, 1.807) is 28.0 Å². The third-order valence-corrected chi connectivity index (χ3v) is 9.88.